The largest absolute Gasteiger partial charge is 0.416 e. The second-order valence-electron chi connectivity index (χ2n) is 6.74. The van der Waals surface area contributed by atoms with Crippen LogP contribution >= 0.6 is 0 Å². The second-order valence-corrected chi connectivity index (χ2v) is 6.74. The molecule has 3 rings (SSSR count). The fourth-order valence-electron chi connectivity index (χ4n) is 3.48. The van der Waals surface area contributed by atoms with E-state index in [1.165, 1.54) is 12.1 Å². The minimum absolute atomic E-state index is 0.0189. The first kappa shape index (κ1) is 18.4. The zero-order valence-electron chi connectivity index (χ0n) is 14.7. The topological polar surface area (TPSA) is 42.0 Å². The van der Waals surface area contributed by atoms with Crippen molar-refractivity contribution in [2.24, 2.45) is 5.92 Å². The molecule has 6 heteroatoms. The number of rotatable bonds is 3. The highest BCUT2D eigenvalue weighted by Crippen LogP contribution is 2.39. The molecule has 2 aromatic rings. The summed E-state index contributed by atoms with van der Waals surface area (Å²) in [6, 6.07) is 5.04. The van der Waals surface area contributed by atoms with E-state index in [9.17, 15) is 18.0 Å². The van der Waals surface area contributed by atoms with E-state index in [0.717, 1.165) is 41.7 Å². The summed E-state index contributed by atoms with van der Waals surface area (Å²) in [5.41, 5.74) is 2.89. The van der Waals surface area contributed by atoms with Crippen LogP contribution in [0.3, 0.4) is 0 Å². The first-order valence-corrected chi connectivity index (χ1v) is 8.75. The van der Waals surface area contributed by atoms with E-state index in [1.807, 2.05) is 0 Å². The van der Waals surface area contributed by atoms with E-state index < -0.39 is 11.7 Å². The van der Waals surface area contributed by atoms with Gasteiger partial charge in [0.25, 0.3) is 0 Å². The fraction of sp³-hybridized carbons (Fsp3) is 0.400. The number of nitrogens with one attached hydrogen (secondary N) is 1. The van der Waals surface area contributed by atoms with E-state index >= 15 is 0 Å². The van der Waals surface area contributed by atoms with Crippen LogP contribution < -0.4 is 5.32 Å². The van der Waals surface area contributed by atoms with Crippen molar-refractivity contribution in [3.8, 4) is 11.1 Å². The predicted molar refractivity (Wildman–Crippen MR) is 93.3 cm³/mol. The number of hydrogen-bond donors (Lipinski definition) is 1. The fourth-order valence-corrected chi connectivity index (χ4v) is 3.48. The molecule has 0 spiro atoms. The van der Waals surface area contributed by atoms with Crippen molar-refractivity contribution in [3.05, 3.63) is 53.3 Å². The highest BCUT2D eigenvalue weighted by molar-refractivity contribution is 5.76. The minimum Gasteiger partial charge on any atom is -0.349 e. The van der Waals surface area contributed by atoms with Crippen molar-refractivity contribution in [1.82, 2.24) is 10.3 Å². The van der Waals surface area contributed by atoms with Gasteiger partial charge in [-0.3, -0.25) is 9.78 Å². The zero-order valence-corrected chi connectivity index (χ0v) is 14.7. The monoisotopic (exact) mass is 362 g/mol. The van der Waals surface area contributed by atoms with Gasteiger partial charge in [-0.15, -0.1) is 0 Å². The number of nitrogens with zero attached hydrogens (tertiary/aromatic N) is 1. The van der Waals surface area contributed by atoms with Crippen LogP contribution in [0.2, 0.25) is 0 Å². The SMILES string of the molecule is CCC(=O)N[C@H]1c2cncc(-c3ccc(C(F)(F)F)cc3)c2CCC1C. The van der Waals surface area contributed by atoms with Gasteiger partial charge in [0.2, 0.25) is 5.91 Å². The molecule has 3 nitrogen and oxygen atoms in total. The van der Waals surface area contributed by atoms with E-state index in [2.05, 4.69) is 17.2 Å². The Hall–Kier alpha value is -2.37. The molecule has 1 heterocycles. The number of fused-ring (bicyclic) bond motifs is 1. The molecular weight excluding hydrogens is 341 g/mol. The Morgan fingerprint density at radius 1 is 1.23 bits per heavy atom. The van der Waals surface area contributed by atoms with E-state index in [-0.39, 0.29) is 17.9 Å². The number of benzene rings is 1. The molecule has 1 aliphatic carbocycles. The normalized spacial score (nSPS) is 19.7. The molecular formula is C20H21F3N2O. The minimum atomic E-state index is -4.35. The Morgan fingerprint density at radius 3 is 2.54 bits per heavy atom. The number of amides is 1. The molecule has 1 aromatic carbocycles. The van der Waals surface area contributed by atoms with E-state index in [0.29, 0.717) is 12.0 Å². The Morgan fingerprint density at radius 2 is 1.92 bits per heavy atom. The van der Waals surface area contributed by atoms with Gasteiger partial charge < -0.3 is 5.32 Å². The number of carbonyl (C=O) groups excluding carboxylic acids is 1. The lowest BCUT2D eigenvalue weighted by molar-refractivity contribution is -0.137. The third-order valence-corrected chi connectivity index (χ3v) is 5.01. The van der Waals surface area contributed by atoms with Gasteiger partial charge in [0, 0.05) is 24.4 Å². The molecule has 0 saturated carbocycles. The molecule has 1 N–H and O–H groups in total. The van der Waals surface area contributed by atoms with Crippen molar-refractivity contribution in [2.75, 3.05) is 0 Å². The second kappa shape index (κ2) is 7.09. The summed E-state index contributed by atoms with van der Waals surface area (Å²) in [5, 5.41) is 3.05. The Labute approximate surface area is 150 Å². The molecule has 0 saturated heterocycles. The van der Waals surface area contributed by atoms with Crippen LogP contribution in [0, 0.1) is 5.92 Å². The number of pyridine rings is 1. The van der Waals surface area contributed by atoms with Crippen molar-refractivity contribution < 1.29 is 18.0 Å². The molecule has 1 amide bonds. The zero-order chi connectivity index (χ0) is 18.9. The van der Waals surface area contributed by atoms with Gasteiger partial charge in [-0.2, -0.15) is 13.2 Å². The maximum atomic E-state index is 12.8. The number of carbonyl (C=O) groups is 1. The van der Waals surface area contributed by atoms with Crippen LogP contribution in [-0.4, -0.2) is 10.9 Å². The average Bonchev–Trinajstić information content (AvgIpc) is 2.62. The lowest BCUT2D eigenvalue weighted by atomic mass is 9.79. The summed E-state index contributed by atoms with van der Waals surface area (Å²) in [6.07, 6.45) is 1.23. The Kier molecular flexibility index (Phi) is 5.03. The number of halogens is 3. The molecule has 1 unspecified atom stereocenters. The highest BCUT2D eigenvalue weighted by atomic mass is 19.4. The molecule has 26 heavy (non-hydrogen) atoms. The molecule has 2 atom stereocenters. The van der Waals surface area contributed by atoms with Gasteiger partial charge in [0.1, 0.15) is 0 Å². The standard InChI is InChI=1S/C20H21F3N2O/c1-3-18(26)25-19-12(2)4-9-15-16(10-24-11-17(15)19)13-5-7-14(8-6-13)20(21,22)23/h5-8,10-12,19H,3-4,9H2,1-2H3,(H,25,26)/t12?,19-/m1/s1. The molecule has 0 radical (unpaired) electrons. The molecule has 0 bridgehead atoms. The van der Waals surface area contributed by atoms with Gasteiger partial charge in [-0.05, 0) is 47.6 Å². The summed E-state index contributed by atoms with van der Waals surface area (Å²) >= 11 is 0. The lowest BCUT2D eigenvalue weighted by Gasteiger charge is -2.33. The van der Waals surface area contributed by atoms with Crippen LogP contribution in [-0.2, 0) is 17.4 Å². The lowest BCUT2D eigenvalue weighted by Crippen LogP contribution is -2.35. The van der Waals surface area contributed by atoms with Gasteiger partial charge in [0.15, 0.2) is 0 Å². The first-order valence-electron chi connectivity index (χ1n) is 8.75. The summed E-state index contributed by atoms with van der Waals surface area (Å²) in [4.78, 5) is 16.2. The number of alkyl halides is 3. The molecule has 1 aliphatic rings. The number of aromatic nitrogens is 1. The van der Waals surface area contributed by atoms with Crippen LogP contribution in [0.5, 0.6) is 0 Å². The van der Waals surface area contributed by atoms with Crippen molar-refractivity contribution in [1.29, 1.82) is 0 Å². The van der Waals surface area contributed by atoms with Crippen molar-refractivity contribution in [2.45, 2.75) is 45.3 Å². The maximum Gasteiger partial charge on any atom is 0.416 e. The van der Waals surface area contributed by atoms with E-state index in [4.69, 9.17) is 0 Å². The van der Waals surface area contributed by atoms with Gasteiger partial charge in [-0.25, -0.2) is 0 Å². The van der Waals surface area contributed by atoms with Crippen LogP contribution in [0.4, 0.5) is 13.2 Å². The summed E-state index contributed by atoms with van der Waals surface area (Å²) in [5.74, 6) is 0.261. The average molecular weight is 362 g/mol. The first-order chi connectivity index (χ1) is 12.3. The molecule has 0 aliphatic heterocycles. The molecule has 1 aromatic heterocycles. The Balaban J connectivity index is 2.00. The van der Waals surface area contributed by atoms with Gasteiger partial charge >= 0.3 is 6.18 Å². The van der Waals surface area contributed by atoms with Crippen molar-refractivity contribution >= 4 is 5.91 Å². The quantitative estimate of drug-likeness (QED) is 0.842. The predicted octanol–water partition coefficient (Wildman–Crippen LogP) is 4.92. The third-order valence-electron chi connectivity index (χ3n) is 5.01. The molecule has 138 valence electrons. The van der Waals surface area contributed by atoms with E-state index in [1.54, 1.807) is 19.3 Å². The summed E-state index contributed by atoms with van der Waals surface area (Å²) in [7, 11) is 0. The number of hydrogen-bond acceptors (Lipinski definition) is 2. The summed E-state index contributed by atoms with van der Waals surface area (Å²) in [6.45, 7) is 3.90. The Bertz CT molecular complexity index is 800. The van der Waals surface area contributed by atoms with Gasteiger partial charge in [-0.1, -0.05) is 26.0 Å². The third kappa shape index (κ3) is 3.59. The van der Waals surface area contributed by atoms with Crippen LogP contribution in [0.25, 0.3) is 11.1 Å². The highest BCUT2D eigenvalue weighted by Gasteiger charge is 2.31. The van der Waals surface area contributed by atoms with Crippen molar-refractivity contribution in [3.63, 3.8) is 0 Å². The van der Waals surface area contributed by atoms with Gasteiger partial charge in [0.05, 0.1) is 11.6 Å². The molecule has 0 fully saturated rings. The van der Waals surface area contributed by atoms with Crippen LogP contribution in [0.15, 0.2) is 36.7 Å². The smallest absolute Gasteiger partial charge is 0.349 e. The maximum absolute atomic E-state index is 12.8. The van der Waals surface area contributed by atoms with Crippen LogP contribution in [0.1, 0.15) is 49.4 Å². The summed E-state index contributed by atoms with van der Waals surface area (Å²) < 4.78 is 38.4.